The Labute approximate surface area is 111 Å². The van der Waals surface area contributed by atoms with Crippen LogP contribution in [-0.4, -0.2) is 16.7 Å². The van der Waals surface area contributed by atoms with Crippen LogP contribution in [0, 0.1) is 6.92 Å². The number of nitrogens with two attached hydrogens (primary N) is 1. The lowest BCUT2D eigenvalue weighted by Gasteiger charge is -2.05. The molecule has 1 heterocycles. The number of benzene rings is 1. The summed E-state index contributed by atoms with van der Waals surface area (Å²) in [5, 5.41) is 0. The fourth-order valence-electron chi connectivity index (χ4n) is 1.86. The molecule has 4 heteroatoms. The molecule has 96 valence electrons. The minimum Gasteiger partial charge on any atom is -0.369 e. The number of primary amides is 1. The Balaban J connectivity index is 2.34. The van der Waals surface area contributed by atoms with Gasteiger partial charge < -0.3 is 5.73 Å². The van der Waals surface area contributed by atoms with E-state index in [1.165, 1.54) is 0 Å². The standard InChI is InChI=1S/C15H14N2O2/c1-10-7-12(5-6-17-10)11-3-2-4-13(8-11)14(18)9-15(16)19/h2-8H,9H2,1H3,(H2,16,19). The highest BCUT2D eigenvalue weighted by Crippen LogP contribution is 2.21. The number of hydrogen-bond acceptors (Lipinski definition) is 3. The van der Waals surface area contributed by atoms with Crippen LogP contribution in [0.25, 0.3) is 11.1 Å². The molecule has 2 N–H and O–H groups in total. The molecule has 2 rings (SSSR count). The van der Waals surface area contributed by atoms with Gasteiger partial charge >= 0.3 is 0 Å². The van der Waals surface area contributed by atoms with Gasteiger partial charge in [0.25, 0.3) is 0 Å². The van der Waals surface area contributed by atoms with Crippen LogP contribution in [0.3, 0.4) is 0 Å². The highest BCUT2D eigenvalue weighted by atomic mass is 16.2. The van der Waals surface area contributed by atoms with Crippen molar-refractivity contribution in [1.82, 2.24) is 4.98 Å². The molecule has 0 radical (unpaired) electrons. The van der Waals surface area contributed by atoms with E-state index in [2.05, 4.69) is 4.98 Å². The highest BCUT2D eigenvalue weighted by molar-refractivity contribution is 6.07. The third-order valence-electron chi connectivity index (χ3n) is 2.75. The molecular formula is C15H14N2O2. The van der Waals surface area contributed by atoms with Crippen LogP contribution in [0.15, 0.2) is 42.6 Å². The van der Waals surface area contributed by atoms with E-state index in [1.807, 2.05) is 25.1 Å². The summed E-state index contributed by atoms with van der Waals surface area (Å²) in [7, 11) is 0. The lowest BCUT2D eigenvalue weighted by molar-refractivity contribution is -0.117. The van der Waals surface area contributed by atoms with Crippen molar-refractivity contribution in [3.63, 3.8) is 0 Å². The summed E-state index contributed by atoms with van der Waals surface area (Å²) in [6.45, 7) is 1.91. The SMILES string of the molecule is Cc1cc(-c2cccc(C(=O)CC(N)=O)c2)ccn1. The Morgan fingerprint density at radius 1 is 1.16 bits per heavy atom. The molecule has 0 saturated heterocycles. The minimum atomic E-state index is -0.616. The number of aromatic nitrogens is 1. The van der Waals surface area contributed by atoms with Crippen molar-refractivity contribution in [2.24, 2.45) is 5.73 Å². The van der Waals surface area contributed by atoms with E-state index < -0.39 is 5.91 Å². The quantitative estimate of drug-likeness (QED) is 0.671. The van der Waals surface area contributed by atoms with E-state index in [-0.39, 0.29) is 12.2 Å². The Morgan fingerprint density at radius 3 is 2.58 bits per heavy atom. The number of aryl methyl sites for hydroxylation is 1. The van der Waals surface area contributed by atoms with Gasteiger partial charge in [-0.1, -0.05) is 18.2 Å². The fourth-order valence-corrected chi connectivity index (χ4v) is 1.86. The Kier molecular flexibility index (Phi) is 3.71. The number of carbonyl (C=O) groups excluding carboxylic acids is 2. The third kappa shape index (κ3) is 3.25. The zero-order valence-electron chi connectivity index (χ0n) is 10.6. The third-order valence-corrected chi connectivity index (χ3v) is 2.75. The molecule has 0 aliphatic rings. The first kappa shape index (κ1) is 13.0. The average Bonchev–Trinajstić information content (AvgIpc) is 2.38. The lowest BCUT2D eigenvalue weighted by Crippen LogP contribution is -2.16. The first-order chi connectivity index (χ1) is 9.06. The molecular weight excluding hydrogens is 240 g/mol. The first-order valence-electron chi connectivity index (χ1n) is 5.91. The second-order valence-electron chi connectivity index (χ2n) is 4.33. The van der Waals surface area contributed by atoms with Gasteiger partial charge in [0, 0.05) is 17.5 Å². The van der Waals surface area contributed by atoms with Gasteiger partial charge in [0.05, 0.1) is 6.42 Å². The van der Waals surface area contributed by atoms with Crippen molar-refractivity contribution in [2.75, 3.05) is 0 Å². The van der Waals surface area contributed by atoms with E-state index >= 15 is 0 Å². The molecule has 2 aromatic rings. The van der Waals surface area contributed by atoms with Gasteiger partial charge in [0.2, 0.25) is 5.91 Å². The molecule has 0 fully saturated rings. The number of hydrogen-bond donors (Lipinski definition) is 1. The maximum atomic E-state index is 11.8. The molecule has 1 aromatic carbocycles. The molecule has 0 aliphatic carbocycles. The summed E-state index contributed by atoms with van der Waals surface area (Å²) in [4.78, 5) is 26.7. The number of ketones is 1. The normalized spacial score (nSPS) is 10.2. The molecule has 1 aromatic heterocycles. The summed E-state index contributed by atoms with van der Waals surface area (Å²) >= 11 is 0. The van der Waals surface area contributed by atoms with Crippen molar-refractivity contribution >= 4 is 11.7 Å². The molecule has 0 unspecified atom stereocenters. The van der Waals surface area contributed by atoms with E-state index in [0.717, 1.165) is 16.8 Å². The largest absolute Gasteiger partial charge is 0.369 e. The topological polar surface area (TPSA) is 73.1 Å². The highest BCUT2D eigenvalue weighted by Gasteiger charge is 2.10. The summed E-state index contributed by atoms with van der Waals surface area (Å²) in [6.07, 6.45) is 1.46. The first-order valence-corrected chi connectivity index (χ1v) is 5.91. The molecule has 0 aliphatic heterocycles. The monoisotopic (exact) mass is 254 g/mol. The Bertz CT molecular complexity index is 636. The maximum Gasteiger partial charge on any atom is 0.225 e. The number of carbonyl (C=O) groups is 2. The van der Waals surface area contributed by atoms with Gasteiger partial charge in [-0.05, 0) is 36.2 Å². The molecule has 0 bridgehead atoms. The van der Waals surface area contributed by atoms with Crippen molar-refractivity contribution < 1.29 is 9.59 Å². The van der Waals surface area contributed by atoms with Gasteiger partial charge in [-0.3, -0.25) is 14.6 Å². The number of amides is 1. The summed E-state index contributed by atoms with van der Waals surface area (Å²) < 4.78 is 0. The van der Waals surface area contributed by atoms with Gasteiger partial charge in [0.15, 0.2) is 5.78 Å². The van der Waals surface area contributed by atoms with Gasteiger partial charge in [0.1, 0.15) is 0 Å². The molecule has 0 spiro atoms. The number of nitrogens with zero attached hydrogens (tertiary/aromatic N) is 1. The number of rotatable bonds is 4. The van der Waals surface area contributed by atoms with Crippen LogP contribution in [0.5, 0.6) is 0 Å². The molecule has 19 heavy (non-hydrogen) atoms. The van der Waals surface area contributed by atoms with E-state index in [9.17, 15) is 9.59 Å². The zero-order valence-corrected chi connectivity index (χ0v) is 10.6. The van der Waals surface area contributed by atoms with Gasteiger partial charge in [-0.25, -0.2) is 0 Å². The zero-order chi connectivity index (χ0) is 13.8. The van der Waals surface area contributed by atoms with Crippen LogP contribution in [-0.2, 0) is 4.79 Å². The van der Waals surface area contributed by atoms with Crippen LogP contribution in [0.2, 0.25) is 0 Å². The van der Waals surface area contributed by atoms with Gasteiger partial charge in [-0.15, -0.1) is 0 Å². The Hall–Kier alpha value is -2.49. The predicted octanol–water partition coefficient (Wildman–Crippen LogP) is 2.12. The van der Waals surface area contributed by atoms with Crippen LogP contribution in [0.4, 0.5) is 0 Å². The maximum absolute atomic E-state index is 11.8. The van der Waals surface area contributed by atoms with Gasteiger partial charge in [-0.2, -0.15) is 0 Å². The second-order valence-corrected chi connectivity index (χ2v) is 4.33. The number of pyridine rings is 1. The fraction of sp³-hybridized carbons (Fsp3) is 0.133. The molecule has 0 atom stereocenters. The Morgan fingerprint density at radius 2 is 1.89 bits per heavy atom. The summed E-state index contributed by atoms with van der Waals surface area (Å²) in [5.41, 5.74) is 8.34. The molecule has 1 amide bonds. The number of Topliss-reactive ketones (excluding diaryl/α,β-unsaturated/α-hetero) is 1. The second kappa shape index (κ2) is 5.44. The molecule has 4 nitrogen and oxygen atoms in total. The summed E-state index contributed by atoms with van der Waals surface area (Å²) in [5.74, 6) is -0.879. The van der Waals surface area contributed by atoms with E-state index in [0.29, 0.717) is 5.56 Å². The van der Waals surface area contributed by atoms with Crippen molar-refractivity contribution in [2.45, 2.75) is 13.3 Å². The smallest absolute Gasteiger partial charge is 0.225 e. The van der Waals surface area contributed by atoms with Crippen molar-refractivity contribution in [3.8, 4) is 11.1 Å². The average molecular weight is 254 g/mol. The van der Waals surface area contributed by atoms with Crippen LogP contribution >= 0.6 is 0 Å². The van der Waals surface area contributed by atoms with E-state index in [1.54, 1.807) is 24.4 Å². The van der Waals surface area contributed by atoms with Crippen molar-refractivity contribution in [3.05, 3.63) is 53.9 Å². The summed E-state index contributed by atoms with van der Waals surface area (Å²) in [6, 6.07) is 11.0. The van der Waals surface area contributed by atoms with Crippen molar-refractivity contribution in [1.29, 1.82) is 0 Å². The van der Waals surface area contributed by atoms with Crippen LogP contribution in [0.1, 0.15) is 22.5 Å². The predicted molar refractivity (Wildman–Crippen MR) is 72.6 cm³/mol. The molecule has 0 saturated carbocycles. The van der Waals surface area contributed by atoms with Crippen LogP contribution < -0.4 is 5.73 Å². The van der Waals surface area contributed by atoms with E-state index in [4.69, 9.17) is 5.73 Å². The lowest BCUT2D eigenvalue weighted by atomic mass is 10.0. The minimum absolute atomic E-state index is 0.264.